The van der Waals surface area contributed by atoms with Crippen LogP contribution in [0.25, 0.3) is 11.1 Å². The van der Waals surface area contributed by atoms with Crippen molar-refractivity contribution in [2.45, 2.75) is 19.4 Å². The highest BCUT2D eigenvalue weighted by Crippen LogP contribution is 2.19. The lowest BCUT2D eigenvalue weighted by atomic mass is 10.0. The quantitative estimate of drug-likeness (QED) is 0.723. The second kappa shape index (κ2) is 8.15. The van der Waals surface area contributed by atoms with Crippen LogP contribution in [0, 0.1) is 0 Å². The molecule has 0 aliphatic heterocycles. The fourth-order valence-electron chi connectivity index (χ4n) is 2.76. The number of aliphatic hydroxyl groups is 1. The van der Waals surface area contributed by atoms with Crippen LogP contribution in [0.15, 0.2) is 71.7 Å². The molecule has 2 aromatic carbocycles. The van der Waals surface area contributed by atoms with Gasteiger partial charge in [-0.25, -0.2) is 0 Å². The highest BCUT2D eigenvalue weighted by molar-refractivity contribution is 6.30. The maximum Gasteiger partial charge on any atom is 0.250 e. The van der Waals surface area contributed by atoms with Gasteiger partial charge in [0.05, 0.1) is 6.54 Å². The predicted molar refractivity (Wildman–Crippen MR) is 102 cm³/mol. The van der Waals surface area contributed by atoms with Crippen LogP contribution in [0.2, 0.25) is 5.02 Å². The second-order valence-corrected chi connectivity index (χ2v) is 6.47. The van der Waals surface area contributed by atoms with Crippen LogP contribution < -0.4 is 5.56 Å². The molecule has 0 aliphatic carbocycles. The van der Waals surface area contributed by atoms with Crippen molar-refractivity contribution in [2.24, 2.45) is 0 Å². The van der Waals surface area contributed by atoms with E-state index >= 15 is 0 Å². The Balaban J connectivity index is 1.83. The molecule has 1 N–H and O–H groups in total. The van der Waals surface area contributed by atoms with Gasteiger partial charge < -0.3 is 9.67 Å². The zero-order valence-electron chi connectivity index (χ0n) is 13.9. The third-order valence-electron chi connectivity index (χ3n) is 4.16. The maximum absolute atomic E-state index is 12.2. The Kier molecular flexibility index (Phi) is 5.69. The van der Waals surface area contributed by atoms with E-state index in [4.69, 9.17) is 16.7 Å². The molecule has 0 saturated heterocycles. The van der Waals surface area contributed by atoms with Gasteiger partial charge in [-0.05, 0) is 53.3 Å². The summed E-state index contributed by atoms with van der Waals surface area (Å²) in [4.78, 5) is 12.2. The van der Waals surface area contributed by atoms with Crippen molar-refractivity contribution < 1.29 is 5.11 Å². The topological polar surface area (TPSA) is 42.2 Å². The normalized spacial score (nSPS) is 10.8. The fourth-order valence-corrected chi connectivity index (χ4v) is 2.89. The van der Waals surface area contributed by atoms with Gasteiger partial charge in [0.15, 0.2) is 0 Å². The van der Waals surface area contributed by atoms with Gasteiger partial charge in [-0.1, -0.05) is 48.0 Å². The van der Waals surface area contributed by atoms with Gasteiger partial charge in [-0.3, -0.25) is 4.79 Å². The summed E-state index contributed by atoms with van der Waals surface area (Å²) >= 11 is 5.91. The molecule has 0 radical (unpaired) electrons. The van der Waals surface area contributed by atoms with E-state index in [0.717, 1.165) is 29.5 Å². The number of benzene rings is 2. The van der Waals surface area contributed by atoms with Crippen LogP contribution in [-0.2, 0) is 13.0 Å². The lowest BCUT2D eigenvalue weighted by Crippen LogP contribution is -2.19. The Hall–Kier alpha value is -2.36. The first kappa shape index (κ1) is 17.5. The number of aryl methyl sites for hydroxylation is 1. The maximum atomic E-state index is 12.2. The fraction of sp³-hybridized carbons (Fsp3) is 0.190. The number of aliphatic hydroxyl groups excluding tert-OH is 1. The summed E-state index contributed by atoms with van der Waals surface area (Å²) in [6.45, 7) is 0.718. The van der Waals surface area contributed by atoms with Crippen molar-refractivity contribution in [3.05, 3.63) is 93.4 Å². The number of rotatable bonds is 6. The molecule has 0 bridgehead atoms. The molecule has 0 aliphatic rings. The molecule has 3 aromatic rings. The molecule has 0 amide bonds. The average Bonchev–Trinajstić information content (AvgIpc) is 2.64. The molecule has 1 aromatic heterocycles. The van der Waals surface area contributed by atoms with Crippen LogP contribution in [0.3, 0.4) is 0 Å². The Morgan fingerprint density at radius 2 is 1.48 bits per heavy atom. The van der Waals surface area contributed by atoms with Gasteiger partial charge in [-0.2, -0.15) is 0 Å². The number of aromatic nitrogens is 1. The van der Waals surface area contributed by atoms with Gasteiger partial charge >= 0.3 is 0 Å². The van der Waals surface area contributed by atoms with Crippen molar-refractivity contribution in [1.82, 2.24) is 4.57 Å². The number of hydrogen-bond acceptors (Lipinski definition) is 2. The van der Waals surface area contributed by atoms with Crippen LogP contribution >= 0.6 is 11.6 Å². The Labute approximate surface area is 152 Å². The number of nitrogens with zero attached hydrogens (tertiary/aromatic N) is 1. The van der Waals surface area contributed by atoms with E-state index in [1.54, 1.807) is 10.6 Å². The smallest absolute Gasteiger partial charge is 0.250 e. The van der Waals surface area contributed by atoms with Crippen molar-refractivity contribution in [2.75, 3.05) is 6.61 Å². The van der Waals surface area contributed by atoms with E-state index in [1.165, 1.54) is 5.56 Å². The number of hydrogen-bond donors (Lipinski definition) is 1. The molecule has 0 unspecified atom stereocenters. The Bertz CT molecular complexity index is 883. The molecule has 25 heavy (non-hydrogen) atoms. The molecule has 1 heterocycles. The van der Waals surface area contributed by atoms with E-state index < -0.39 is 0 Å². The van der Waals surface area contributed by atoms with Gasteiger partial charge in [0.2, 0.25) is 0 Å². The molecule has 0 fully saturated rings. The highest BCUT2D eigenvalue weighted by atomic mass is 35.5. The van der Waals surface area contributed by atoms with Crippen molar-refractivity contribution in [3.8, 4) is 11.1 Å². The first-order chi connectivity index (χ1) is 12.2. The molecule has 0 atom stereocenters. The monoisotopic (exact) mass is 353 g/mol. The molecule has 0 spiro atoms. The van der Waals surface area contributed by atoms with Crippen molar-refractivity contribution in [3.63, 3.8) is 0 Å². The third kappa shape index (κ3) is 4.59. The largest absolute Gasteiger partial charge is 0.396 e. The second-order valence-electron chi connectivity index (χ2n) is 6.03. The minimum atomic E-state index is -0.0294. The highest BCUT2D eigenvalue weighted by Gasteiger charge is 2.03. The molecular weight excluding hydrogens is 334 g/mol. The van der Waals surface area contributed by atoms with Crippen LogP contribution in [0.1, 0.15) is 17.5 Å². The molecule has 128 valence electrons. The first-order valence-electron chi connectivity index (χ1n) is 8.31. The van der Waals surface area contributed by atoms with Crippen molar-refractivity contribution in [1.29, 1.82) is 0 Å². The lowest BCUT2D eigenvalue weighted by molar-refractivity contribution is 0.288. The van der Waals surface area contributed by atoms with E-state index in [9.17, 15) is 4.79 Å². The summed E-state index contributed by atoms with van der Waals surface area (Å²) in [5.41, 5.74) is 4.27. The van der Waals surface area contributed by atoms with Crippen molar-refractivity contribution >= 4 is 11.6 Å². The zero-order chi connectivity index (χ0) is 17.6. The minimum Gasteiger partial charge on any atom is -0.396 e. The molecule has 3 rings (SSSR count). The summed E-state index contributed by atoms with van der Waals surface area (Å²) in [5, 5.41) is 9.60. The van der Waals surface area contributed by atoms with Gasteiger partial charge in [-0.15, -0.1) is 0 Å². The summed E-state index contributed by atoms with van der Waals surface area (Å²) in [6.07, 6.45) is 3.53. The van der Waals surface area contributed by atoms with Gasteiger partial charge in [0.25, 0.3) is 5.56 Å². The zero-order valence-corrected chi connectivity index (χ0v) is 14.6. The standard InChI is InChI=1S/C21H20ClNO2/c22-20-10-5-17(6-11-20)14-23-15-19(9-12-21(23)25)18-7-3-16(4-8-18)2-1-13-24/h3-12,15,24H,1-2,13-14H2. The lowest BCUT2D eigenvalue weighted by Gasteiger charge is -2.09. The van der Waals surface area contributed by atoms with E-state index in [2.05, 4.69) is 24.3 Å². The number of pyridine rings is 1. The molecule has 3 nitrogen and oxygen atoms in total. The SMILES string of the molecule is O=c1ccc(-c2ccc(CCCO)cc2)cn1Cc1ccc(Cl)cc1. The van der Waals surface area contributed by atoms with Crippen LogP contribution in [0.4, 0.5) is 0 Å². The summed E-state index contributed by atoms with van der Waals surface area (Å²) in [7, 11) is 0. The van der Waals surface area contributed by atoms with Gasteiger partial charge in [0, 0.05) is 23.9 Å². The van der Waals surface area contributed by atoms with Crippen LogP contribution in [-0.4, -0.2) is 16.3 Å². The third-order valence-corrected chi connectivity index (χ3v) is 4.41. The summed E-state index contributed by atoms with van der Waals surface area (Å²) in [6, 6.07) is 19.2. The van der Waals surface area contributed by atoms with Gasteiger partial charge in [0.1, 0.15) is 0 Å². The average molecular weight is 354 g/mol. The molecule has 0 saturated carbocycles. The van der Waals surface area contributed by atoms with Crippen LogP contribution in [0.5, 0.6) is 0 Å². The number of halogens is 1. The van der Waals surface area contributed by atoms with E-state index in [1.807, 2.05) is 36.5 Å². The minimum absolute atomic E-state index is 0.0294. The summed E-state index contributed by atoms with van der Waals surface area (Å²) < 4.78 is 1.71. The van der Waals surface area contributed by atoms with E-state index in [-0.39, 0.29) is 12.2 Å². The molecular formula is C21H20ClNO2. The Morgan fingerprint density at radius 1 is 0.840 bits per heavy atom. The Morgan fingerprint density at radius 3 is 2.16 bits per heavy atom. The predicted octanol–water partition coefficient (Wildman–Crippen LogP) is 4.14. The molecule has 4 heteroatoms. The summed E-state index contributed by atoms with van der Waals surface area (Å²) in [5.74, 6) is 0. The van der Waals surface area contributed by atoms with E-state index in [0.29, 0.717) is 11.6 Å². The first-order valence-corrected chi connectivity index (χ1v) is 8.68.